The van der Waals surface area contributed by atoms with Crippen LogP contribution < -0.4 is 10.6 Å². The third kappa shape index (κ3) is 5.36. The highest BCUT2D eigenvalue weighted by atomic mass is 32.2. The van der Waals surface area contributed by atoms with Crippen LogP contribution in [0, 0.1) is 31.6 Å². The van der Waals surface area contributed by atoms with Crippen LogP contribution in [0.25, 0.3) is 11.1 Å². The molecule has 0 bridgehead atoms. The fourth-order valence-corrected chi connectivity index (χ4v) is 5.60. The van der Waals surface area contributed by atoms with Crippen molar-refractivity contribution in [3.8, 4) is 11.1 Å². The lowest BCUT2D eigenvalue weighted by Gasteiger charge is -2.27. The maximum absolute atomic E-state index is 13.6. The van der Waals surface area contributed by atoms with Gasteiger partial charge in [0.1, 0.15) is 11.7 Å². The summed E-state index contributed by atoms with van der Waals surface area (Å²) in [6, 6.07) is 8.98. The fourth-order valence-electron chi connectivity index (χ4n) is 5.24. The minimum absolute atomic E-state index is 0.147. The molecule has 0 spiro atoms. The van der Waals surface area contributed by atoms with Gasteiger partial charge in [0.2, 0.25) is 5.91 Å². The molecular formula is C27H34N6O2S. The van der Waals surface area contributed by atoms with Gasteiger partial charge in [0.05, 0.1) is 12.2 Å². The van der Waals surface area contributed by atoms with E-state index >= 15 is 0 Å². The number of anilines is 1. The van der Waals surface area contributed by atoms with Crippen LogP contribution >= 0.6 is 11.8 Å². The summed E-state index contributed by atoms with van der Waals surface area (Å²) in [4.78, 5) is 27.0. The Morgan fingerprint density at radius 3 is 2.39 bits per heavy atom. The predicted molar refractivity (Wildman–Crippen MR) is 143 cm³/mol. The van der Waals surface area contributed by atoms with E-state index in [1.165, 1.54) is 0 Å². The Bertz CT molecular complexity index is 1190. The number of amides is 2. The van der Waals surface area contributed by atoms with E-state index in [-0.39, 0.29) is 17.7 Å². The number of nitrogens with zero attached hydrogens (tertiary/aromatic N) is 3. The molecule has 2 amide bonds. The lowest BCUT2D eigenvalue weighted by Crippen LogP contribution is -2.50. The molecule has 8 nitrogen and oxygen atoms in total. The first kappa shape index (κ1) is 24.6. The normalized spacial score (nSPS) is 16.2. The smallest absolute Gasteiger partial charge is 0.270 e. The van der Waals surface area contributed by atoms with E-state index in [0.717, 1.165) is 59.6 Å². The molecule has 1 aromatic carbocycles. The van der Waals surface area contributed by atoms with Gasteiger partial charge >= 0.3 is 0 Å². The lowest BCUT2D eigenvalue weighted by atomic mass is 9.88. The summed E-state index contributed by atoms with van der Waals surface area (Å²) in [5.74, 6) is 1.67. The van der Waals surface area contributed by atoms with Crippen LogP contribution in [0.1, 0.15) is 47.6 Å². The molecule has 2 heterocycles. The molecule has 36 heavy (non-hydrogen) atoms. The number of nitrogens with one attached hydrogen (secondary N) is 3. The Hall–Kier alpha value is -3.07. The van der Waals surface area contributed by atoms with Gasteiger partial charge in [-0.2, -0.15) is 22.0 Å². The van der Waals surface area contributed by atoms with Gasteiger partial charge in [0.15, 0.2) is 0 Å². The molecular weight excluding hydrogens is 472 g/mol. The first-order chi connectivity index (χ1) is 17.5. The van der Waals surface area contributed by atoms with E-state index in [0.29, 0.717) is 24.1 Å². The highest BCUT2D eigenvalue weighted by Crippen LogP contribution is 2.51. The molecule has 2 fully saturated rings. The van der Waals surface area contributed by atoms with Crippen molar-refractivity contribution in [3.63, 3.8) is 0 Å². The maximum Gasteiger partial charge on any atom is 0.270 e. The first-order valence-electron chi connectivity index (χ1n) is 12.7. The predicted octanol–water partition coefficient (Wildman–Crippen LogP) is 4.43. The number of carbonyl (C=O) groups excluding carboxylic acids is 2. The largest absolute Gasteiger partial charge is 0.339 e. The van der Waals surface area contributed by atoms with Gasteiger partial charge in [-0.15, -0.1) is 0 Å². The maximum atomic E-state index is 13.6. The van der Waals surface area contributed by atoms with Crippen LogP contribution in [0.3, 0.4) is 0 Å². The van der Waals surface area contributed by atoms with Gasteiger partial charge in [-0.25, -0.2) is 0 Å². The lowest BCUT2D eigenvalue weighted by molar-refractivity contribution is -0.119. The number of aryl methyl sites for hydroxylation is 3. The molecule has 1 atom stereocenters. The van der Waals surface area contributed by atoms with Crippen molar-refractivity contribution in [2.45, 2.75) is 52.1 Å². The Morgan fingerprint density at radius 1 is 1.11 bits per heavy atom. The van der Waals surface area contributed by atoms with Crippen LogP contribution in [0.15, 0.2) is 36.5 Å². The van der Waals surface area contributed by atoms with Crippen molar-refractivity contribution < 1.29 is 9.59 Å². The number of aromatic nitrogens is 4. The third-order valence-corrected chi connectivity index (χ3v) is 7.90. The first-order valence-corrected chi connectivity index (χ1v) is 14.1. The second-order valence-corrected chi connectivity index (χ2v) is 11.0. The Kier molecular flexibility index (Phi) is 7.18. The molecule has 0 saturated heterocycles. The highest BCUT2D eigenvalue weighted by Gasteiger charge is 2.48. The van der Waals surface area contributed by atoms with Crippen molar-refractivity contribution in [1.82, 2.24) is 25.3 Å². The van der Waals surface area contributed by atoms with Crippen LogP contribution in [-0.4, -0.2) is 49.8 Å². The number of hydrogen-bond donors (Lipinski definition) is 3. The summed E-state index contributed by atoms with van der Waals surface area (Å²) in [6.45, 7) is 4.64. The summed E-state index contributed by atoms with van der Waals surface area (Å²) < 4.78 is 1.72. The Morgan fingerprint density at radius 2 is 1.81 bits per heavy atom. The second-order valence-electron chi connectivity index (χ2n) is 10.0. The zero-order chi connectivity index (χ0) is 25.2. The topological polar surface area (TPSA) is 105 Å². The van der Waals surface area contributed by atoms with E-state index in [2.05, 4.69) is 25.9 Å². The zero-order valence-electron chi connectivity index (χ0n) is 21.1. The van der Waals surface area contributed by atoms with Gasteiger partial charge in [-0.1, -0.05) is 12.1 Å². The van der Waals surface area contributed by atoms with Crippen molar-refractivity contribution in [2.24, 2.45) is 17.8 Å². The van der Waals surface area contributed by atoms with Gasteiger partial charge < -0.3 is 10.6 Å². The van der Waals surface area contributed by atoms with Crippen LogP contribution in [0.5, 0.6) is 0 Å². The molecule has 5 rings (SSSR count). The number of hydrogen-bond acceptors (Lipinski definition) is 5. The van der Waals surface area contributed by atoms with E-state index in [9.17, 15) is 9.59 Å². The van der Waals surface area contributed by atoms with Gasteiger partial charge in [-0.05, 0) is 87.3 Å². The van der Waals surface area contributed by atoms with Crippen LogP contribution in [-0.2, 0) is 11.3 Å². The van der Waals surface area contributed by atoms with E-state index in [4.69, 9.17) is 0 Å². The molecule has 3 N–H and O–H groups in total. The Balaban J connectivity index is 1.34. The molecule has 2 aliphatic carbocycles. The summed E-state index contributed by atoms with van der Waals surface area (Å²) >= 11 is 1.71. The van der Waals surface area contributed by atoms with Crippen molar-refractivity contribution in [1.29, 1.82) is 0 Å². The molecule has 9 heteroatoms. The molecule has 0 unspecified atom stereocenters. The third-order valence-electron chi connectivity index (χ3n) is 7.31. The fraction of sp³-hybridized carbons (Fsp3) is 0.481. The average Bonchev–Trinajstić information content (AvgIpc) is 3.80. The van der Waals surface area contributed by atoms with E-state index < -0.39 is 6.04 Å². The average molecular weight is 507 g/mol. The molecule has 2 aliphatic rings. The summed E-state index contributed by atoms with van der Waals surface area (Å²) in [5, 5.41) is 17.8. The minimum atomic E-state index is -0.570. The SMILES string of the molecule is CSCCn1nccc1C(=O)N[C@H](C(=O)Nc1ccc(-c2c(C)n[nH]c2C)cc1)C(C1CC1)C1CC1. The van der Waals surface area contributed by atoms with Crippen LogP contribution in [0.2, 0.25) is 0 Å². The summed E-state index contributed by atoms with van der Waals surface area (Å²) in [5.41, 5.74) is 5.31. The molecule has 3 aromatic rings. The number of carbonyl (C=O) groups is 2. The van der Waals surface area contributed by atoms with Crippen molar-refractivity contribution in [3.05, 3.63) is 53.6 Å². The number of thioether (sulfide) groups is 1. The Labute approximate surface area is 216 Å². The molecule has 190 valence electrons. The number of rotatable bonds is 11. The van der Waals surface area contributed by atoms with Gasteiger partial charge in [0, 0.05) is 28.9 Å². The summed E-state index contributed by atoms with van der Waals surface area (Å²) in [7, 11) is 0. The second kappa shape index (κ2) is 10.5. The molecule has 2 aromatic heterocycles. The standard InChI is InChI=1S/C27H34N6O2S/c1-16-23(17(2)32-31-16)18-8-10-21(11-9-18)29-27(35)25(24(19-4-5-19)20-6-7-20)30-26(34)22-12-13-28-33(22)14-15-36-3/h8-13,19-20,24-25H,4-7,14-15H2,1-3H3,(H,29,35)(H,30,34)(H,31,32)/t25-/m0/s1. The van der Waals surface area contributed by atoms with E-state index in [1.807, 2.05) is 44.4 Å². The summed E-state index contributed by atoms with van der Waals surface area (Å²) in [6.07, 6.45) is 8.20. The number of benzene rings is 1. The van der Waals surface area contributed by atoms with E-state index in [1.54, 1.807) is 28.7 Å². The quantitative estimate of drug-likeness (QED) is 0.357. The molecule has 0 radical (unpaired) electrons. The van der Waals surface area contributed by atoms with Gasteiger partial charge in [0.25, 0.3) is 5.91 Å². The molecule has 0 aliphatic heterocycles. The minimum Gasteiger partial charge on any atom is -0.339 e. The monoisotopic (exact) mass is 506 g/mol. The van der Waals surface area contributed by atoms with Crippen molar-refractivity contribution in [2.75, 3.05) is 17.3 Å². The number of H-pyrrole nitrogens is 1. The number of aromatic amines is 1. The van der Waals surface area contributed by atoms with Crippen molar-refractivity contribution >= 4 is 29.3 Å². The highest BCUT2D eigenvalue weighted by molar-refractivity contribution is 7.98. The van der Waals surface area contributed by atoms with Crippen LogP contribution in [0.4, 0.5) is 5.69 Å². The molecule has 2 saturated carbocycles. The van der Waals surface area contributed by atoms with Gasteiger partial charge in [-0.3, -0.25) is 19.4 Å². The zero-order valence-corrected chi connectivity index (χ0v) is 21.9.